The molecule has 0 aromatic heterocycles. The van der Waals surface area contributed by atoms with E-state index < -0.39 is 17.6 Å². The summed E-state index contributed by atoms with van der Waals surface area (Å²) < 4.78 is 62.2. The molecule has 0 aliphatic carbocycles. The summed E-state index contributed by atoms with van der Waals surface area (Å²) in [6.45, 7) is 0.0201. The Morgan fingerprint density at radius 3 is 2.54 bits per heavy atom. The molecule has 2 rings (SSSR count). The van der Waals surface area contributed by atoms with E-state index in [2.05, 4.69) is 5.92 Å². The average Bonchev–Trinajstić information content (AvgIpc) is 2.60. The van der Waals surface area contributed by atoms with E-state index >= 15 is 0 Å². The molecule has 0 bridgehead atoms. The minimum absolute atomic E-state index is 0.116. The minimum Gasteiger partial charge on any atom is -0.493 e. The Balaban J connectivity index is 2.12. The van der Waals surface area contributed by atoms with Crippen LogP contribution in [0, 0.1) is 18.2 Å². The summed E-state index contributed by atoms with van der Waals surface area (Å²) in [5.74, 6) is 1.63. The molecule has 2 aromatic rings. The highest BCUT2D eigenvalue weighted by Gasteiger charge is 2.34. The van der Waals surface area contributed by atoms with Crippen molar-refractivity contribution in [2.45, 2.75) is 19.2 Å². The van der Waals surface area contributed by atoms with Gasteiger partial charge in [0.25, 0.3) is 0 Å². The third-order valence-corrected chi connectivity index (χ3v) is 3.35. The molecule has 0 aliphatic rings. The Hall–Kier alpha value is -3.01. The summed E-state index contributed by atoms with van der Waals surface area (Å²) >= 11 is 0. The zero-order valence-electron chi connectivity index (χ0n) is 13.5. The van der Waals surface area contributed by atoms with E-state index in [-0.39, 0.29) is 30.1 Å². The van der Waals surface area contributed by atoms with Gasteiger partial charge in [0.2, 0.25) is 0 Å². The molecule has 136 valence electrons. The molecular formula is C19H14F4O3. The van der Waals surface area contributed by atoms with Crippen LogP contribution in [-0.4, -0.2) is 12.9 Å². The number of alkyl halides is 3. The molecule has 0 saturated heterocycles. The van der Waals surface area contributed by atoms with Gasteiger partial charge < -0.3 is 9.47 Å². The highest BCUT2D eigenvalue weighted by molar-refractivity contribution is 5.80. The van der Waals surface area contributed by atoms with Gasteiger partial charge in [0, 0.05) is 6.42 Å². The van der Waals surface area contributed by atoms with Crippen LogP contribution in [0.3, 0.4) is 0 Å². The molecule has 26 heavy (non-hydrogen) atoms. The molecule has 0 unspecified atom stereocenters. The van der Waals surface area contributed by atoms with Gasteiger partial charge in [0.05, 0.1) is 17.7 Å². The van der Waals surface area contributed by atoms with Crippen LogP contribution >= 0.6 is 0 Å². The summed E-state index contributed by atoms with van der Waals surface area (Å²) in [5.41, 5.74) is -1.09. The van der Waals surface area contributed by atoms with Gasteiger partial charge in [0.1, 0.15) is 23.9 Å². The van der Waals surface area contributed by atoms with Gasteiger partial charge in [-0.05, 0) is 35.9 Å². The Morgan fingerprint density at radius 2 is 1.88 bits per heavy atom. The van der Waals surface area contributed by atoms with Gasteiger partial charge >= 0.3 is 6.18 Å². The van der Waals surface area contributed by atoms with Crippen LogP contribution in [0.5, 0.6) is 11.5 Å². The monoisotopic (exact) mass is 366 g/mol. The van der Waals surface area contributed by atoms with Crippen molar-refractivity contribution >= 4 is 6.29 Å². The highest BCUT2D eigenvalue weighted by Crippen LogP contribution is 2.32. The van der Waals surface area contributed by atoms with Crippen molar-refractivity contribution in [3.63, 3.8) is 0 Å². The molecule has 0 N–H and O–H groups in total. The Labute approximate surface area is 147 Å². The van der Waals surface area contributed by atoms with Crippen LogP contribution in [0.2, 0.25) is 0 Å². The van der Waals surface area contributed by atoms with Crippen LogP contribution in [0.15, 0.2) is 36.4 Å². The molecule has 0 aliphatic heterocycles. The zero-order chi connectivity index (χ0) is 19.2. The molecule has 3 nitrogen and oxygen atoms in total. The van der Waals surface area contributed by atoms with Gasteiger partial charge in [-0.2, -0.15) is 13.2 Å². The van der Waals surface area contributed by atoms with Crippen LogP contribution in [0.1, 0.15) is 27.9 Å². The fourth-order valence-corrected chi connectivity index (χ4v) is 2.11. The molecule has 0 amide bonds. The number of benzene rings is 2. The van der Waals surface area contributed by atoms with Crippen molar-refractivity contribution in [3.8, 4) is 23.8 Å². The van der Waals surface area contributed by atoms with E-state index in [0.29, 0.717) is 24.5 Å². The number of terminal acetylenes is 1. The summed E-state index contributed by atoms with van der Waals surface area (Å²) in [4.78, 5) is 11.2. The number of hydrogen-bond acceptors (Lipinski definition) is 3. The van der Waals surface area contributed by atoms with Crippen molar-refractivity contribution in [3.05, 3.63) is 58.9 Å². The lowest BCUT2D eigenvalue weighted by atomic mass is 10.1. The van der Waals surface area contributed by atoms with Gasteiger partial charge in [0.15, 0.2) is 6.29 Å². The van der Waals surface area contributed by atoms with E-state index in [4.69, 9.17) is 15.9 Å². The van der Waals surface area contributed by atoms with Crippen LogP contribution in [-0.2, 0) is 12.8 Å². The number of aldehydes is 1. The fourth-order valence-electron chi connectivity index (χ4n) is 2.11. The zero-order valence-corrected chi connectivity index (χ0v) is 13.5. The maximum absolute atomic E-state index is 13.3. The highest BCUT2D eigenvalue weighted by atomic mass is 19.4. The second kappa shape index (κ2) is 8.39. The van der Waals surface area contributed by atoms with E-state index in [1.807, 2.05) is 0 Å². The minimum atomic E-state index is -4.80. The van der Waals surface area contributed by atoms with Gasteiger partial charge in [-0.1, -0.05) is 6.07 Å². The first kappa shape index (κ1) is 19.3. The topological polar surface area (TPSA) is 35.5 Å². The molecule has 7 heteroatoms. The number of carbonyl (C=O) groups excluding carboxylic acids is 1. The van der Waals surface area contributed by atoms with E-state index in [1.165, 1.54) is 18.2 Å². The van der Waals surface area contributed by atoms with Crippen molar-refractivity contribution in [2.24, 2.45) is 0 Å². The maximum Gasteiger partial charge on any atom is 0.419 e. The lowest BCUT2D eigenvalue weighted by Crippen LogP contribution is -2.09. The molecule has 0 saturated carbocycles. The molecule has 0 spiro atoms. The SMILES string of the molecule is C#CCCOc1ccc(OCc2ccc(F)c(C(F)(F)F)c2)c(C=O)c1. The van der Waals surface area contributed by atoms with Crippen molar-refractivity contribution in [1.82, 2.24) is 0 Å². The fraction of sp³-hybridized carbons (Fsp3) is 0.211. The quantitative estimate of drug-likeness (QED) is 0.310. The Bertz CT molecular complexity index is 823. The Morgan fingerprint density at radius 1 is 1.12 bits per heavy atom. The number of halogens is 4. The largest absolute Gasteiger partial charge is 0.493 e. The molecule has 0 radical (unpaired) electrons. The third-order valence-electron chi connectivity index (χ3n) is 3.35. The molecule has 0 atom stereocenters. The lowest BCUT2D eigenvalue weighted by molar-refractivity contribution is -0.140. The van der Waals surface area contributed by atoms with Crippen molar-refractivity contribution in [2.75, 3.05) is 6.61 Å². The first-order valence-corrected chi connectivity index (χ1v) is 7.49. The van der Waals surface area contributed by atoms with Gasteiger partial charge in [-0.15, -0.1) is 12.3 Å². The third kappa shape index (κ3) is 4.99. The smallest absolute Gasteiger partial charge is 0.419 e. The predicted octanol–water partition coefficient (Wildman–Crippen LogP) is 4.64. The first-order chi connectivity index (χ1) is 12.3. The second-order valence-electron chi connectivity index (χ2n) is 5.22. The number of ether oxygens (including phenoxy) is 2. The van der Waals surface area contributed by atoms with Crippen molar-refractivity contribution in [1.29, 1.82) is 0 Å². The van der Waals surface area contributed by atoms with Gasteiger partial charge in [-0.3, -0.25) is 4.79 Å². The van der Waals surface area contributed by atoms with E-state index in [0.717, 1.165) is 6.07 Å². The summed E-state index contributed by atoms with van der Waals surface area (Å²) in [6.07, 6.45) is 1.25. The second-order valence-corrected chi connectivity index (χ2v) is 5.22. The number of carbonyl (C=O) groups is 1. The van der Waals surface area contributed by atoms with Crippen LogP contribution < -0.4 is 9.47 Å². The Kier molecular flexibility index (Phi) is 6.23. The summed E-state index contributed by atoms with van der Waals surface area (Å²) in [7, 11) is 0. The average molecular weight is 366 g/mol. The number of hydrogen-bond donors (Lipinski definition) is 0. The molecule has 0 heterocycles. The lowest BCUT2D eigenvalue weighted by Gasteiger charge is -2.13. The normalized spacial score (nSPS) is 10.9. The van der Waals surface area contributed by atoms with Crippen LogP contribution in [0.25, 0.3) is 0 Å². The van der Waals surface area contributed by atoms with Crippen LogP contribution in [0.4, 0.5) is 17.6 Å². The first-order valence-electron chi connectivity index (χ1n) is 7.49. The predicted molar refractivity (Wildman–Crippen MR) is 86.5 cm³/mol. The van der Waals surface area contributed by atoms with Crippen molar-refractivity contribution < 1.29 is 31.8 Å². The number of rotatable bonds is 7. The summed E-state index contributed by atoms with van der Waals surface area (Å²) in [6, 6.07) is 7.03. The molecular weight excluding hydrogens is 352 g/mol. The van der Waals surface area contributed by atoms with E-state index in [1.54, 1.807) is 6.07 Å². The van der Waals surface area contributed by atoms with Gasteiger partial charge in [-0.25, -0.2) is 4.39 Å². The molecule has 0 fully saturated rings. The maximum atomic E-state index is 13.3. The molecule has 2 aromatic carbocycles. The van der Waals surface area contributed by atoms with E-state index in [9.17, 15) is 22.4 Å². The summed E-state index contributed by atoms with van der Waals surface area (Å²) in [5, 5.41) is 0. The standard InChI is InChI=1S/C19H14F4O3/c1-2-3-8-25-15-5-7-18(14(10-15)11-24)26-12-13-4-6-17(20)16(9-13)19(21,22)23/h1,4-7,9-11H,3,8,12H2.